The molecule has 99 heavy (non-hydrogen) atoms. The van der Waals surface area contributed by atoms with Gasteiger partial charge in [0.2, 0.25) is 0 Å². The molecule has 0 saturated heterocycles. The molecule has 6 amide bonds. The largest absolute Gasteiger partial charge is 0.396 e. The second kappa shape index (κ2) is 28.3. The van der Waals surface area contributed by atoms with Gasteiger partial charge in [0.05, 0.1) is 110 Å². The Morgan fingerprint density at radius 1 is 0.414 bits per heavy atom. The van der Waals surface area contributed by atoms with Gasteiger partial charge >= 0.3 is 0 Å². The number of hydrogen-bond acceptors (Lipinski definition) is 11. The minimum Gasteiger partial charge on any atom is -0.396 e. The number of aromatic nitrogens is 8. The van der Waals surface area contributed by atoms with Crippen LogP contribution in [-0.2, 0) is 22.8 Å². The first-order valence-electron chi connectivity index (χ1n) is 34.2. The number of carbonyl (C=O) groups is 8. The predicted octanol–water partition coefficient (Wildman–Crippen LogP) is 9.77. The summed E-state index contributed by atoms with van der Waals surface area (Å²) in [6, 6.07) is 15.9. The Kier molecular flexibility index (Phi) is 20.6. The van der Waals surface area contributed by atoms with Crippen LogP contribution in [0.3, 0.4) is 0 Å². The molecule has 9 aliphatic rings. The molecule has 17 rings (SSSR count). The van der Waals surface area contributed by atoms with Gasteiger partial charge in [0.25, 0.3) is 35.4 Å². The van der Waals surface area contributed by atoms with Gasteiger partial charge in [-0.2, -0.15) is 0 Å². The molecule has 8 aromatic heterocycles. The van der Waals surface area contributed by atoms with Crippen molar-refractivity contribution in [2.24, 2.45) is 11.5 Å². The van der Waals surface area contributed by atoms with E-state index in [-0.39, 0.29) is 100 Å². The van der Waals surface area contributed by atoms with Gasteiger partial charge < -0.3 is 88.3 Å². The van der Waals surface area contributed by atoms with Crippen molar-refractivity contribution in [1.29, 1.82) is 0 Å². The van der Waals surface area contributed by atoms with Crippen LogP contribution in [0.2, 0.25) is 0 Å². The normalized spacial score (nSPS) is 20.5. The Hall–Kier alpha value is -9.72. The number of carbonyl (C=O) groups excluding carboxylic acids is 8. The first kappa shape index (κ1) is 72.0. The maximum atomic E-state index is 11.7. The molecule has 1 saturated carbocycles. The van der Waals surface area contributed by atoms with E-state index in [1.165, 1.54) is 0 Å². The van der Waals surface area contributed by atoms with Gasteiger partial charge in [0, 0.05) is 97.7 Å². The highest BCUT2D eigenvalue weighted by atomic mass is 16.3. The number of nitrogens with two attached hydrogens (primary N) is 2. The number of aliphatic hydroxyl groups excluding tert-OH is 1. The van der Waals surface area contributed by atoms with Crippen LogP contribution in [0.5, 0.6) is 0 Å². The molecule has 3 aliphatic carbocycles. The number of aliphatic hydroxyl groups is 1. The molecular formula is C74H98N16O9. The smallest absolute Gasteiger partial charge is 0.253 e. The van der Waals surface area contributed by atoms with Crippen molar-refractivity contribution in [3.63, 3.8) is 0 Å². The third-order valence-corrected chi connectivity index (χ3v) is 19.1. The minimum atomic E-state index is -0.0179. The van der Waals surface area contributed by atoms with E-state index in [1.54, 1.807) is 0 Å². The van der Waals surface area contributed by atoms with Gasteiger partial charge in [-0.1, -0.05) is 41.5 Å². The maximum Gasteiger partial charge on any atom is 0.253 e. The van der Waals surface area contributed by atoms with E-state index in [2.05, 4.69) is 113 Å². The lowest BCUT2D eigenvalue weighted by Crippen LogP contribution is -2.26. The highest BCUT2D eigenvalue weighted by Crippen LogP contribution is 2.50. The van der Waals surface area contributed by atoms with E-state index >= 15 is 0 Å². The molecule has 25 heteroatoms. The summed E-state index contributed by atoms with van der Waals surface area (Å²) in [7, 11) is 0. The van der Waals surface area contributed by atoms with Gasteiger partial charge in [-0.25, -0.2) is 0 Å². The van der Waals surface area contributed by atoms with Crippen molar-refractivity contribution >= 4 is 47.0 Å². The molecular weight excluding hydrogens is 1260 g/mol. The van der Waals surface area contributed by atoms with Crippen LogP contribution < -0.4 is 43.4 Å². The zero-order chi connectivity index (χ0) is 72.1. The zero-order valence-corrected chi connectivity index (χ0v) is 59.5. The number of hydrogen-bond donors (Lipinski definition) is 17. The van der Waals surface area contributed by atoms with Crippen LogP contribution in [0.4, 0.5) is 0 Å². The topological polar surface area (TPSA) is 407 Å². The van der Waals surface area contributed by atoms with Gasteiger partial charge in [0.1, 0.15) is 0 Å². The molecule has 0 aromatic carbocycles. The monoisotopic (exact) mass is 1350 g/mol. The van der Waals surface area contributed by atoms with Crippen molar-refractivity contribution in [3.8, 4) is 0 Å². The number of H-pyrrole nitrogens is 8. The molecule has 0 radical (unpaired) electrons. The van der Waals surface area contributed by atoms with E-state index in [9.17, 15) is 38.4 Å². The number of nitrogens with one attached hydrogen (secondary N) is 14. The highest BCUT2D eigenvalue weighted by Gasteiger charge is 2.54. The SMILES string of the molecule is CC(C)(C)c1cc2c([nH]1)C1(CC1)NC2=O.CC1NC(=O)c2cc(C(C)(C)C)[nH]c21.Cc1cc2c([nH]1)C(CCN)NC2=O.Cc1cc2c([nH]1)C(CO)CC2=O.Cc1cc2c([nH]1)CCC2=O.Cc1cc2c([nH]1)[C@@H](C)NC2=O.Cc1cc2c([nH]1)[C@@H](CCN)NC2=O.Cc1cc2c([nH]1)[C@H](C)NC2=O. The number of rotatable bonds is 5. The second-order valence-corrected chi connectivity index (χ2v) is 29.5. The lowest BCUT2D eigenvalue weighted by molar-refractivity contribution is 0.0944. The van der Waals surface area contributed by atoms with Crippen LogP contribution in [0, 0.1) is 41.5 Å². The van der Waals surface area contributed by atoms with E-state index in [0.717, 1.165) is 168 Å². The number of aryl methyl sites for hydroxylation is 7. The molecule has 528 valence electrons. The first-order chi connectivity index (χ1) is 46.6. The Morgan fingerprint density at radius 3 is 1.18 bits per heavy atom. The Balaban J connectivity index is 0.000000123. The van der Waals surface area contributed by atoms with Crippen LogP contribution in [-0.4, -0.2) is 112 Å². The van der Waals surface area contributed by atoms with Crippen LogP contribution >= 0.6 is 0 Å². The molecule has 8 aromatic rings. The van der Waals surface area contributed by atoms with Crippen LogP contribution in [0.15, 0.2) is 48.5 Å². The molecule has 6 atom stereocenters. The van der Waals surface area contributed by atoms with Crippen molar-refractivity contribution in [1.82, 2.24) is 71.8 Å². The molecule has 6 aliphatic heterocycles. The van der Waals surface area contributed by atoms with Crippen molar-refractivity contribution in [2.75, 3.05) is 19.7 Å². The molecule has 19 N–H and O–H groups in total. The van der Waals surface area contributed by atoms with Crippen molar-refractivity contribution in [3.05, 3.63) is 184 Å². The standard InChI is InChI=1S/C12H16N2O.C11H16N2O.2C9H13N3O.C9H11NO2.2C8H10N2O.C8H9NO/c1-11(2,3)8-6-7-9(13-8)12(4-5-12)14-10(7)15;1-6-9-7(10(14)12-6)5-8(13-9)11(2,3)4;2*1-5-4-6-8(11-5)7(2-3-10)12-9(6)13;1-5-2-7-8(12)3-6(4-11)9(7)10-5;2*1-4-3-6-7(9-4)5(2)10-8(6)11;1-5-4-6-7(9-5)2-3-8(6)10/h6,13H,4-5H2,1-3H3,(H,14,15);5-6,13H,1-4H3,(H,12,14);2*4,7,11H,2-3,10H2,1H3,(H,12,13);2,6,10-11H,3-4H2,1H3;2*3,5,9H,1-2H3,(H,10,11);4,9H,2-3H2,1H3/t;;7-;;;2*5-;/m..1..10./s1. The molecule has 0 bridgehead atoms. The lowest BCUT2D eigenvalue weighted by Gasteiger charge is -2.17. The van der Waals surface area contributed by atoms with E-state index in [1.807, 2.05) is 111 Å². The van der Waals surface area contributed by atoms with Gasteiger partial charge in [0.15, 0.2) is 11.6 Å². The Labute approximate surface area is 576 Å². The zero-order valence-electron chi connectivity index (χ0n) is 59.5. The van der Waals surface area contributed by atoms with Crippen LogP contribution in [0.25, 0.3) is 0 Å². The third-order valence-electron chi connectivity index (χ3n) is 19.1. The third kappa shape index (κ3) is 15.3. The lowest BCUT2D eigenvalue weighted by atomic mass is 9.92. The number of Topliss-reactive ketones (excluding diaryl/α,β-unsaturated/α-hetero) is 2. The fourth-order valence-corrected chi connectivity index (χ4v) is 13.7. The summed E-state index contributed by atoms with van der Waals surface area (Å²) in [6.07, 6.45) is 5.80. The van der Waals surface area contributed by atoms with Crippen molar-refractivity contribution < 1.29 is 43.5 Å². The highest BCUT2D eigenvalue weighted by molar-refractivity contribution is 6.03. The first-order valence-corrected chi connectivity index (χ1v) is 34.2. The number of ketones is 2. The van der Waals surface area contributed by atoms with E-state index < -0.39 is 0 Å². The maximum absolute atomic E-state index is 11.7. The number of amides is 6. The summed E-state index contributed by atoms with van der Waals surface area (Å²) in [5.74, 6) is 0.673. The van der Waals surface area contributed by atoms with Crippen LogP contribution in [0.1, 0.15) is 311 Å². The summed E-state index contributed by atoms with van der Waals surface area (Å²) in [5, 5.41) is 26.3. The summed E-state index contributed by atoms with van der Waals surface area (Å²) in [6.45, 7) is 31.8. The van der Waals surface area contributed by atoms with Gasteiger partial charge in [-0.15, -0.1) is 0 Å². The summed E-state index contributed by atoms with van der Waals surface area (Å²) >= 11 is 0. The Morgan fingerprint density at radius 2 is 0.778 bits per heavy atom. The second-order valence-electron chi connectivity index (χ2n) is 29.5. The molecule has 1 spiro atoms. The van der Waals surface area contributed by atoms with Gasteiger partial charge in [-0.3, -0.25) is 38.4 Å². The van der Waals surface area contributed by atoms with E-state index in [0.29, 0.717) is 31.7 Å². The summed E-state index contributed by atoms with van der Waals surface area (Å²) in [4.78, 5) is 116. The predicted molar refractivity (Wildman–Crippen MR) is 377 cm³/mol. The fraction of sp³-hybridized carbons (Fsp3) is 0.459. The summed E-state index contributed by atoms with van der Waals surface area (Å²) < 4.78 is 0. The minimum absolute atomic E-state index is 0.00111. The molecule has 1 fully saturated rings. The number of aromatic amines is 8. The van der Waals surface area contributed by atoms with Crippen molar-refractivity contribution in [2.45, 2.75) is 201 Å². The molecule has 14 heterocycles. The van der Waals surface area contributed by atoms with E-state index in [4.69, 9.17) is 16.6 Å². The molecule has 3 unspecified atom stereocenters. The molecule has 25 nitrogen and oxygen atoms in total. The Bertz CT molecular complexity index is 4280. The average molecular weight is 1360 g/mol. The quantitative estimate of drug-likeness (QED) is 0.0768. The number of fused-ring (bicyclic) bond motifs is 9. The van der Waals surface area contributed by atoms with Gasteiger partial charge in [-0.05, 0) is 156 Å². The summed E-state index contributed by atoms with van der Waals surface area (Å²) in [5.41, 5.74) is 34.3. The fourth-order valence-electron chi connectivity index (χ4n) is 13.7. The average Bonchev–Trinajstić information content (AvgIpc) is 1.55.